The Morgan fingerprint density at radius 3 is 2.89 bits per heavy atom. The van der Waals surface area contributed by atoms with Crippen LogP contribution in [0.3, 0.4) is 0 Å². The summed E-state index contributed by atoms with van der Waals surface area (Å²) in [6.07, 6.45) is 3.66. The van der Waals surface area contributed by atoms with Crippen molar-refractivity contribution in [3.63, 3.8) is 0 Å². The highest BCUT2D eigenvalue weighted by Gasteiger charge is 2.43. The molecule has 6 rings (SSSR count). The van der Waals surface area contributed by atoms with E-state index in [1.165, 1.54) is 35.3 Å². The predicted octanol–water partition coefficient (Wildman–Crippen LogP) is 5.01. The monoisotopic (exact) mass is 392 g/mol. The normalized spacial score (nSPS) is 21.3. The molecule has 2 heterocycles. The van der Waals surface area contributed by atoms with E-state index in [0.29, 0.717) is 17.5 Å². The summed E-state index contributed by atoms with van der Waals surface area (Å²) in [5.41, 5.74) is 5.60. The summed E-state index contributed by atoms with van der Waals surface area (Å²) in [4.78, 5) is 16.5. The number of aromatic amines is 1. The van der Waals surface area contributed by atoms with Gasteiger partial charge in [0.1, 0.15) is 6.17 Å². The van der Waals surface area contributed by atoms with Gasteiger partial charge in [-0.15, -0.1) is 0 Å². The van der Waals surface area contributed by atoms with Crippen LogP contribution in [0, 0.1) is 5.92 Å². The molecule has 7 heteroatoms. The summed E-state index contributed by atoms with van der Waals surface area (Å²) >= 11 is 1.43. The highest BCUT2D eigenvalue weighted by atomic mass is 32.1. The van der Waals surface area contributed by atoms with Gasteiger partial charge in [-0.2, -0.15) is 5.10 Å². The molecule has 140 valence electrons. The van der Waals surface area contributed by atoms with Crippen molar-refractivity contribution in [2.45, 2.75) is 31.4 Å². The van der Waals surface area contributed by atoms with E-state index in [1.807, 2.05) is 12.3 Å². The van der Waals surface area contributed by atoms with Crippen LogP contribution in [0.15, 0.2) is 36.5 Å². The third-order valence-electron chi connectivity index (χ3n) is 5.63. The molecule has 2 N–H and O–H groups in total. The molecule has 0 radical (unpaired) electrons. The maximum atomic E-state index is 13.1. The van der Waals surface area contributed by atoms with Gasteiger partial charge < -0.3 is 5.32 Å². The van der Waals surface area contributed by atoms with Crippen LogP contribution in [-0.2, 0) is 4.79 Å². The fourth-order valence-corrected chi connectivity index (χ4v) is 4.77. The zero-order chi connectivity index (χ0) is 18.8. The number of nitrogens with one attached hydrogen (secondary N) is 2. The minimum absolute atomic E-state index is 0.272. The van der Waals surface area contributed by atoms with Crippen molar-refractivity contribution in [1.82, 2.24) is 15.2 Å². The zero-order valence-corrected chi connectivity index (χ0v) is 15.7. The molecule has 0 unspecified atom stereocenters. The molecule has 2 saturated carbocycles. The fraction of sp³-hybridized carbons (Fsp3) is 0.286. The second-order valence-corrected chi connectivity index (χ2v) is 8.71. The molecular weight excluding hydrogens is 375 g/mol. The van der Waals surface area contributed by atoms with Crippen molar-refractivity contribution in [2.75, 3.05) is 5.32 Å². The molecule has 0 aliphatic heterocycles. The molecule has 1 amide bonds. The Morgan fingerprint density at radius 1 is 1.25 bits per heavy atom. The Hall–Kier alpha value is -2.80. The first kappa shape index (κ1) is 16.2. The minimum atomic E-state index is -1.00. The molecule has 0 spiro atoms. The molecule has 0 bridgehead atoms. The van der Waals surface area contributed by atoms with Gasteiger partial charge >= 0.3 is 0 Å². The number of hydrogen-bond donors (Lipinski definition) is 2. The number of rotatable bonds is 4. The number of alkyl halides is 1. The molecular formula is C21H17FN4OS. The largest absolute Gasteiger partial charge is 0.302 e. The highest BCUT2D eigenvalue weighted by molar-refractivity contribution is 7.22. The number of carbonyl (C=O) groups is 1. The van der Waals surface area contributed by atoms with Gasteiger partial charge in [-0.05, 0) is 60.1 Å². The van der Waals surface area contributed by atoms with Gasteiger partial charge in [0.2, 0.25) is 5.91 Å². The van der Waals surface area contributed by atoms with E-state index in [0.717, 1.165) is 26.7 Å². The van der Waals surface area contributed by atoms with Crippen LogP contribution in [0.2, 0.25) is 0 Å². The van der Waals surface area contributed by atoms with Gasteiger partial charge in [0.25, 0.3) is 0 Å². The molecule has 2 fully saturated rings. The standard InChI is InChI=1S/C21H17FN4OS/c22-15-8-13(15)20(27)25-21-24-17-5-3-11(7-18(17)28-21)19-12(10-1-2-10)4-6-16-14(19)9-23-26-16/h3-7,9-10,13,15H,1-2,8H2,(H,23,26)(H,24,25,27)/t13-,15+/m1/s1. The predicted molar refractivity (Wildman–Crippen MR) is 108 cm³/mol. The van der Waals surface area contributed by atoms with Gasteiger partial charge in [-0.1, -0.05) is 23.5 Å². The smallest absolute Gasteiger partial charge is 0.232 e. The van der Waals surface area contributed by atoms with E-state index in [1.54, 1.807) is 0 Å². The molecule has 28 heavy (non-hydrogen) atoms. The first-order chi connectivity index (χ1) is 13.7. The maximum absolute atomic E-state index is 13.1. The molecule has 4 aromatic rings. The van der Waals surface area contributed by atoms with Crippen molar-refractivity contribution in [1.29, 1.82) is 0 Å². The highest BCUT2D eigenvalue weighted by Crippen LogP contribution is 2.47. The van der Waals surface area contributed by atoms with Gasteiger partial charge in [0.15, 0.2) is 5.13 Å². The van der Waals surface area contributed by atoms with Crippen molar-refractivity contribution in [3.05, 3.63) is 42.1 Å². The lowest BCUT2D eigenvalue weighted by Gasteiger charge is -2.10. The molecule has 0 saturated heterocycles. The van der Waals surface area contributed by atoms with Crippen molar-refractivity contribution in [3.8, 4) is 11.1 Å². The third-order valence-corrected chi connectivity index (χ3v) is 6.56. The first-order valence-corrected chi connectivity index (χ1v) is 10.3. The Labute approximate surface area is 164 Å². The number of halogens is 1. The van der Waals surface area contributed by atoms with Crippen LogP contribution in [0.1, 0.15) is 30.7 Å². The zero-order valence-electron chi connectivity index (χ0n) is 14.9. The molecule has 2 aromatic heterocycles. The van der Waals surface area contributed by atoms with Crippen LogP contribution < -0.4 is 5.32 Å². The average Bonchev–Trinajstić information content (AvgIpc) is 3.57. The second-order valence-electron chi connectivity index (χ2n) is 7.68. The van der Waals surface area contributed by atoms with Gasteiger partial charge in [0.05, 0.1) is 27.8 Å². The van der Waals surface area contributed by atoms with Crippen LogP contribution in [0.4, 0.5) is 9.52 Å². The van der Waals surface area contributed by atoms with Gasteiger partial charge in [-0.25, -0.2) is 9.37 Å². The fourth-order valence-electron chi connectivity index (χ4n) is 3.86. The summed E-state index contributed by atoms with van der Waals surface area (Å²) in [5.74, 6) is -0.165. The van der Waals surface area contributed by atoms with Gasteiger partial charge in [-0.3, -0.25) is 9.89 Å². The number of benzene rings is 2. The van der Waals surface area contributed by atoms with Crippen LogP contribution in [-0.4, -0.2) is 27.3 Å². The number of hydrogen-bond acceptors (Lipinski definition) is 4. The quantitative estimate of drug-likeness (QED) is 0.513. The average molecular weight is 392 g/mol. The lowest BCUT2D eigenvalue weighted by Crippen LogP contribution is -2.14. The first-order valence-electron chi connectivity index (χ1n) is 9.49. The van der Waals surface area contributed by atoms with E-state index < -0.39 is 12.1 Å². The summed E-state index contributed by atoms with van der Waals surface area (Å²) in [6.45, 7) is 0. The number of H-pyrrole nitrogens is 1. The Bertz CT molecular complexity index is 1240. The second kappa shape index (κ2) is 5.85. The van der Waals surface area contributed by atoms with E-state index in [2.05, 4.69) is 44.8 Å². The van der Waals surface area contributed by atoms with E-state index in [4.69, 9.17) is 0 Å². The number of fused-ring (bicyclic) bond motifs is 2. The number of thiazole rings is 1. The summed E-state index contributed by atoms with van der Waals surface area (Å²) < 4.78 is 14.1. The Kier molecular flexibility index (Phi) is 3.38. The Balaban J connectivity index is 1.42. The summed E-state index contributed by atoms with van der Waals surface area (Å²) in [7, 11) is 0. The van der Waals surface area contributed by atoms with Gasteiger partial charge in [0, 0.05) is 5.39 Å². The van der Waals surface area contributed by atoms with E-state index in [9.17, 15) is 9.18 Å². The molecule has 2 aliphatic carbocycles. The molecule has 2 aliphatic rings. The number of amides is 1. The SMILES string of the molecule is O=C(Nc1nc2ccc(-c3c(C4CC4)ccc4[nH]ncc34)cc2s1)[C@@H]1C[C@@H]1F. The number of carbonyl (C=O) groups excluding carboxylic acids is 1. The lowest BCUT2D eigenvalue weighted by atomic mass is 9.93. The van der Waals surface area contributed by atoms with E-state index >= 15 is 0 Å². The topological polar surface area (TPSA) is 70.7 Å². The molecule has 5 nitrogen and oxygen atoms in total. The molecule has 2 atom stereocenters. The minimum Gasteiger partial charge on any atom is -0.302 e. The summed E-state index contributed by atoms with van der Waals surface area (Å²) in [6, 6.07) is 10.5. The van der Waals surface area contributed by atoms with Crippen molar-refractivity contribution < 1.29 is 9.18 Å². The van der Waals surface area contributed by atoms with Crippen LogP contribution >= 0.6 is 11.3 Å². The summed E-state index contributed by atoms with van der Waals surface area (Å²) in [5, 5.41) is 11.7. The van der Waals surface area contributed by atoms with Crippen molar-refractivity contribution >= 4 is 43.5 Å². The number of aromatic nitrogens is 3. The van der Waals surface area contributed by atoms with E-state index in [-0.39, 0.29) is 5.91 Å². The maximum Gasteiger partial charge on any atom is 0.232 e. The van der Waals surface area contributed by atoms with Crippen LogP contribution in [0.25, 0.3) is 32.2 Å². The Morgan fingerprint density at radius 2 is 2.11 bits per heavy atom. The number of nitrogens with zero attached hydrogens (tertiary/aromatic N) is 2. The molecule has 2 aromatic carbocycles. The number of anilines is 1. The third kappa shape index (κ3) is 2.61. The lowest BCUT2D eigenvalue weighted by molar-refractivity contribution is -0.117. The van der Waals surface area contributed by atoms with Crippen molar-refractivity contribution in [2.24, 2.45) is 5.92 Å². The van der Waals surface area contributed by atoms with Crippen LogP contribution in [0.5, 0.6) is 0 Å².